The third kappa shape index (κ3) is 7.73. The summed E-state index contributed by atoms with van der Waals surface area (Å²) in [6.45, 7) is 9.10. The van der Waals surface area contributed by atoms with E-state index < -0.39 is 5.82 Å². The molecule has 4 aromatic rings. The van der Waals surface area contributed by atoms with E-state index in [4.69, 9.17) is 14.5 Å². The first-order valence-electron chi connectivity index (χ1n) is 15.0. The second-order valence-electron chi connectivity index (χ2n) is 12.2. The van der Waals surface area contributed by atoms with Crippen molar-refractivity contribution in [2.75, 3.05) is 65.1 Å². The Labute approximate surface area is 257 Å². The smallest absolute Gasteiger partial charge is 0.165 e. The highest BCUT2D eigenvalue weighted by Crippen LogP contribution is 2.32. The standard InChI is InChI=1S/C33H45FN6O2S/c1-33(2,39-14-19-43(6)20-15-39)12-11-26-23-40(27-22-35-38(5)24-27)32-28(26)8-9-30(36-32)25-7-10-31(29(34)21-25)42-18-17-41-16-13-37(3)4/h7-10,21-24H,6,11-20H2,1-5H3. The summed E-state index contributed by atoms with van der Waals surface area (Å²) in [5, 5.41) is 5.50. The van der Waals surface area contributed by atoms with Crippen LogP contribution in [0.1, 0.15) is 25.8 Å². The van der Waals surface area contributed by atoms with E-state index in [2.05, 4.69) is 51.4 Å². The van der Waals surface area contributed by atoms with E-state index in [0.29, 0.717) is 41.6 Å². The molecule has 0 radical (unpaired) electrons. The van der Waals surface area contributed by atoms with E-state index in [1.807, 2.05) is 45.7 Å². The maximum Gasteiger partial charge on any atom is 0.165 e. The molecule has 0 atom stereocenters. The number of fused-ring (bicyclic) bond motifs is 1. The summed E-state index contributed by atoms with van der Waals surface area (Å²) >= 11 is 0. The van der Waals surface area contributed by atoms with Crippen LogP contribution in [0.5, 0.6) is 5.75 Å². The first-order valence-corrected chi connectivity index (χ1v) is 16.7. The van der Waals surface area contributed by atoms with Crippen molar-refractivity contribution >= 4 is 27.4 Å². The van der Waals surface area contributed by atoms with E-state index in [1.165, 1.54) is 23.1 Å². The number of rotatable bonds is 13. The number of hydrogen-bond acceptors (Lipinski definition) is 6. The zero-order valence-electron chi connectivity index (χ0n) is 26.2. The van der Waals surface area contributed by atoms with Crippen molar-refractivity contribution in [3.8, 4) is 22.7 Å². The van der Waals surface area contributed by atoms with E-state index >= 15 is 4.39 Å². The van der Waals surface area contributed by atoms with Crippen LogP contribution >= 0.6 is 10.5 Å². The fraction of sp³-hybridized carbons (Fsp3) is 0.485. The zero-order chi connectivity index (χ0) is 30.6. The molecule has 1 aliphatic rings. The molecule has 0 aliphatic carbocycles. The minimum absolute atomic E-state index is 0.0976. The number of benzene rings is 1. The number of aromatic nitrogens is 4. The van der Waals surface area contributed by atoms with Gasteiger partial charge in [0.2, 0.25) is 0 Å². The lowest BCUT2D eigenvalue weighted by molar-refractivity contribution is 0.0878. The number of nitrogens with zero attached hydrogens (tertiary/aromatic N) is 6. The van der Waals surface area contributed by atoms with Crippen molar-refractivity contribution in [1.29, 1.82) is 0 Å². The van der Waals surface area contributed by atoms with Crippen LogP contribution in [0, 0.1) is 5.82 Å². The third-order valence-corrected chi connectivity index (χ3v) is 9.78. The average Bonchev–Trinajstić information content (AvgIpc) is 3.57. The van der Waals surface area contributed by atoms with Gasteiger partial charge in [-0.3, -0.25) is 14.1 Å². The number of likely N-dealkylation sites (N-methyl/N-ethyl adjacent to an activating group) is 1. The number of halogens is 1. The molecule has 0 N–H and O–H groups in total. The van der Waals surface area contributed by atoms with Crippen molar-refractivity contribution in [3.05, 3.63) is 60.3 Å². The minimum atomic E-state index is -0.415. The van der Waals surface area contributed by atoms with Crippen LogP contribution in [0.25, 0.3) is 28.0 Å². The Morgan fingerprint density at radius 2 is 1.86 bits per heavy atom. The molecule has 0 unspecified atom stereocenters. The molecule has 4 heterocycles. The van der Waals surface area contributed by atoms with Crippen molar-refractivity contribution in [1.82, 2.24) is 29.1 Å². The SMILES string of the molecule is C=S1CCN(C(C)(C)CCc2cn(-c3cnn(C)c3)c3nc(-c4ccc(OCCOCCN(C)C)c(F)c4)ccc23)CC1. The van der Waals surface area contributed by atoms with Gasteiger partial charge in [-0.15, -0.1) is 0 Å². The first-order chi connectivity index (χ1) is 20.6. The maximum atomic E-state index is 15.0. The topological polar surface area (TPSA) is 60.6 Å². The highest BCUT2D eigenvalue weighted by molar-refractivity contribution is 8.14. The van der Waals surface area contributed by atoms with Gasteiger partial charge in [0, 0.05) is 67.1 Å². The first kappa shape index (κ1) is 31.4. The minimum Gasteiger partial charge on any atom is -0.488 e. The quantitative estimate of drug-likeness (QED) is 0.153. The van der Waals surface area contributed by atoms with Gasteiger partial charge in [0.15, 0.2) is 11.6 Å². The number of pyridine rings is 1. The molecule has 1 saturated heterocycles. The Morgan fingerprint density at radius 1 is 1.07 bits per heavy atom. The lowest BCUT2D eigenvalue weighted by Crippen LogP contribution is -2.48. The summed E-state index contributed by atoms with van der Waals surface area (Å²) in [7, 11) is 6.21. The fourth-order valence-corrected chi connectivity index (χ4v) is 6.65. The second-order valence-corrected chi connectivity index (χ2v) is 14.2. The van der Waals surface area contributed by atoms with Gasteiger partial charge >= 0.3 is 0 Å². The summed E-state index contributed by atoms with van der Waals surface area (Å²) in [5.41, 5.74) is 4.54. The molecule has 0 spiro atoms. The van der Waals surface area contributed by atoms with E-state index in [0.717, 1.165) is 49.2 Å². The van der Waals surface area contributed by atoms with E-state index in [9.17, 15) is 0 Å². The van der Waals surface area contributed by atoms with Crippen molar-refractivity contribution in [3.63, 3.8) is 0 Å². The van der Waals surface area contributed by atoms with Gasteiger partial charge in [-0.25, -0.2) is 9.37 Å². The monoisotopic (exact) mass is 608 g/mol. The maximum absolute atomic E-state index is 15.0. The zero-order valence-corrected chi connectivity index (χ0v) is 27.0. The number of ether oxygens (including phenoxy) is 2. The van der Waals surface area contributed by atoms with Gasteiger partial charge in [-0.1, -0.05) is 5.87 Å². The molecule has 3 aromatic heterocycles. The molecule has 232 valence electrons. The van der Waals surface area contributed by atoms with Crippen LogP contribution in [-0.4, -0.2) is 106 Å². The van der Waals surface area contributed by atoms with Gasteiger partial charge in [-0.2, -0.15) is 15.6 Å². The van der Waals surface area contributed by atoms with Crippen LogP contribution in [0.15, 0.2) is 48.9 Å². The Morgan fingerprint density at radius 3 is 2.56 bits per heavy atom. The summed E-state index contributed by atoms with van der Waals surface area (Å²) < 4.78 is 30.1. The molecule has 10 heteroatoms. The van der Waals surface area contributed by atoms with Crippen LogP contribution in [-0.2, 0) is 18.2 Å². The highest BCUT2D eigenvalue weighted by Gasteiger charge is 2.29. The third-order valence-electron chi connectivity index (χ3n) is 8.26. The van der Waals surface area contributed by atoms with Crippen LogP contribution in [0.4, 0.5) is 4.39 Å². The Balaban J connectivity index is 1.35. The molecule has 1 aliphatic heterocycles. The molecule has 8 nitrogen and oxygen atoms in total. The molecule has 0 saturated carbocycles. The van der Waals surface area contributed by atoms with Crippen molar-refractivity contribution in [2.45, 2.75) is 32.2 Å². The molecule has 5 rings (SSSR count). The van der Waals surface area contributed by atoms with Gasteiger partial charge < -0.3 is 14.4 Å². The molecule has 0 amide bonds. The van der Waals surface area contributed by atoms with Crippen molar-refractivity contribution in [2.24, 2.45) is 7.05 Å². The summed E-state index contributed by atoms with van der Waals surface area (Å²) in [5.74, 6) is 6.47. The Bertz CT molecular complexity index is 1550. The van der Waals surface area contributed by atoms with Crippen LogP contribution in [0.3, 0.4) is 0 Å². The molecule has 0 bridgehead atoms. The lowest BCUT2D eigenvalue weighted by atomic mass is 9.93. The largest absolute Gasteiger partial charge is 0.488 e. The molecular weight excluding hydrogens is 563 g/mol. The van der Waals surface area contributed by atoms with Crippen molar-refractivity contribution < 1.29 is 13.9 Å². The molecule has 1 aromatic carbocycles. The summed E-state index contributed by atoms with van der Waals surface area (Å²) in [4.78, 5) is 9.73. The average molecular weight is 609 g/mol. The number of aryl methyl sites for hydroxylation is 2. The predicted molar refractivity (Wildman–Crippen MR) is 177 cm³/mol. The van der Waals surface area contributed by atoms with Gasteiger partial charge in [0.25, 0.3) is 0 Å². The predicted octanol–water partition coefficient (Wildman–Crippen LogP) is 5.25. The normalized spacial score (nSPS) is 15.1. The highest BCUT2D eigenvalue weighted by atomic mass is 32.2. The molecular formula is C33H45FN6O2S. The molecule has 43 heavy (non-hydrogen) atoms. The van der Waals surface area contributed by atoms with Crippen LogP contribution < -0.4 is 4.74 Å². The lowest BCUT2D eigenvalue weighted by Gasteiger charge is -2.42. The van der Waals surface area contributed by atoms with Gasteiger partial charge in [0.1, 0.15) is 12.3 Å². The van der Waals surface area contributed by atoms with Gasteiger partial charge in [-0.05, 0) is 76.7 Å². The Kier molecular flexibility index (Phi) is 10.0. The van der Waals surface area contributed by atoms with E-state index in [1.54, 1.807) is 10.7 Å². The Hall–Kier alpha value is -3.05. The van der Waals surface area contributed by atoms with Crippen LogP contribution in [0.2, 0.25) is 0 Å². The fourth-order valence-electron chi connectivity index (χ4n) is 5.49. The van der Waals surface area contributed by atoms with Gasteiger partial charge in [0.05, 0.1) is 30.8 Å². The number of hydrogen-bond donors (Lipinski definition) is 0. The van der Waals surface area contributed by atoms with E-state index in [-0.39, 0.29) is 11.3 Å². The second kappa shape index (κ2) is 13.7. The summed E-state index contributed by atoms with van der Waals surface area (Å²) in [6.07, 6.45) is 8.00. The summed E-state index contributed by atoms with van der Waals surface area (Å²) in [6, 6.07) is 9.12. The molecule has 1 fully saturated rings.